The molecule has 15 nitrogen and oxygen atoms in total. The van der Waals surface area contributed by atoms with Crippen molar-refractivity contribution < 1.29 is 33.4 Å². The Kier molecular flexibility index (Phi) is 14.4. The van der Waals surface area contributed by atoms with Gasteiger partial charge in [-0.05, 0) is 76.3 Å². The highest BCUT2D eigenvalue weighted by Crippen LogP contribution is 2.38. The minimum Gasteiger partial charge on any atom is -0.453 e. The lowest BCUT2D eigenvalue weighted by atomic mass is 9.98. The lowest BCUT2D eigenvalue weighted by Gasteiger charge is -2.30. The van der Waals surface area contributed by atoms with Gasteiger partial charge in [-0.25, -0.2) is 19.6 Å². The Hall–Kier alpha value is -7.00. The summed E-state index contributed by atoms with van der Waals surface area (Å²) in [5.74, 6) is 1.58. The van der Waals surface area contributed by atoms with E-state index >= 15 is 0 Å². The van der Waals surface area contributed by atoms with Gasteiger partial charge >= 0.3 is 12.2 Å². The Morgan fingerprint density at radius 1 is 0.681 bits per heavy atom. The number of alkyl carbamates (subject to hydrolysis) is 2. The van der Waals surface area contributed by atoms with Gasteiger partial charge in [-0.3, -0.25) is 9.59 Å². The predicted octanol–water partition coefficient (Wildman–Crippen LogP) is 9.67. The van der Waals surface area contributed by atoms with E-state index in [4.69, 9.17) is 24.2 Å². The van der Waals surface area contributed by atoms with E-state index in [1.54, 1.807) is 4.90 Å². The number of benzene rings is 4. The molecule has 69 heavy (non-hydrogen) atoms. The van der Waals surface area contributed by atoms with Gasteiger partial charge in [0.05, 0.1) is 56.2 Å². The van der Waals surface area contributed by atoms with E-state index in [0.29, 0.717) is 43.4 Å². The summed E-state index contributed by atoms with van der Waals surface area (Å²) in [7, 11) is 2.58. The van der Waals surface area contributed by atoms with Gasteiger partial charge in [0, 0.05) is 31.7 Å². The summed E-state index contributed by atoms with van der Waals surface area (Å²) >= 11 is 0. The van der Waals surface area contributed by atoms with Crippen molar-refractivity contribution in [2.75, 3.05) is 33.9 Å². The third kappa shape index (κ3) is 10.5. The minimum atomic E-state index is -0.946. The van der Waals surface area contributed by atoms with Crippen molar-refractivity contribution in [1.82, 2.24) is 40.4 Å². The highest BCUT2D eigenvalue weighted by molar-refractivity contribution is 5.91. The molecule has 6 aromatic rings. The Morgan fingerprint density at radius 3 is 1.97 bits per heavy atom. The first-order valence-corrected chi connectivity index (χ1v) is 24.3. The van der Waals surface area contributed by atoms with Gasteiger partial charge in [0.15, 0.2) is 0 Å². The molecule has 2 aliphatic heterocycles. The van der Waals surface area contributed by atoms with Gasteiger partial charge in [-0.1, -0.05) is 118 Å². The molecule has 3 aliphatic rings. The largest absolute Gasteiger partial charge is 0.453 e. The molecule has 0 radical (unpaired) electrons. The molecule has 15 heteroatoms. The van der Waals surface area contributed by atoms with Crippen molar-refractivity contribution >= 4 is 34.8 Å². The summed E-state index contributed by atoms with van der Waals surface area (Å²) in [6.07, 6.45) is 10.4. The third-order valence-electron chi connectivity index (χ3n) is 14.2. The normalized spacial score (nSPS) is 19.2. The van der Waals surface area contributed by atoms with Crippen molar-refractivity contribution in [3.63, 3.8) is 0 Å². The molecule has 4 aromatic carbocycles. The number of hydrogen-bond acceptors (Lipinski definition) is 9. The van der Waals surface area contributed by atoms with E-state index in [1.807, 2.05) is 61.5 Å². The number of aromatic nitrogens is 4. The molecular formula is C54H62N8O7. The number of ether oxygens (including phenoxy) is 3. The van der Waals surface area contributed by atoms with E-state index < -0.39 is 30.3 Å². The standard InChI is InChI=1S/C54H62N8O7/c1-33(2)47(59-53(65)67-3)51(63)61-25-10-15-45(61)49-55-31-44(58-49)41-23-22-39-27-38(20-21-40(39)28-41)35-16-18-36(19-17-35)43-30-56-50(57-43)46-29-42(69-26-24-34-11-8-9-12-34)32-62(46)52(64)48(60-54(66)68-4)37-13-6-5-7-14-37/h5-7,13-14,16-23,27-28,30-31,33-34,42,45-48H,8-12,15,24-26,29,32H2,1-4H3,(H,55,58)(H,56,57)(H,59,65)(H,60,66)/t42-,45-,46-,47-,48+/m0/s1. The van der Waals surface area contributed by atoms with Crippen molar-refractivity contribution in [1.29, 1.82) is 0 Å². The summed E-state index contributed by atoms with van der Waals surface area (Å²) < 4.78 is 16.2. The summed E-state index contributed by atoms with van der Waals surface area (Å²) in [5.41, 5.74) is 6.45. The number of nitrogens with zero attached hydrogens (tertiary/aromatic N) is 4. The average Bonchev–Trinajstić information content (AvgIpc) is 4.25. The molecule has 1 aliphatic carbocycles. The fourth-order valence-electron chi connectivity index (χ4n) is 10.3. The second-order valence-electron chi connectivity index (χ2n) is 18.9. The number of carbonyl (C=O) groups excluding carboxylic acids is 4. The number of H-pyrrole nitrogens is 2. The first-order valence-electron chi connectivity index (χ1n) is 24.3. The van der Waals surface area contributed by atoms with Crippen LogP contribution in [0.15, 0.2) is 103 Å². The monoisotopic (exact) mass is 934 g/mol. The summed E-state index contributed by atoms with van der Waals surface area (Å²) in [6, 6.07) is 28.1. The maximum absolute atomic E-state index is 14.5. The Morgan fingerprint density at radius 2 is 1.29 bits per heavy atom. The number of likely N-dealkylation sites (tertiary alicyclic amines) is 2. The number of aromatic amines is 2. The molecule has 4 heterocycles. The molecule has 4 N–H and O–H groups in total. The average molecular weight is 935 g/mol. The predicted molar refractivity (Wildman–Crippen MR) is 263 cm³/mol. The minimum absolute atomic E-state index is 0.112. The van der Waals surface area contributed by atoms with E-state index in [0.717, 1.165) is 69.5 Å². The maximum Gasteiger partial charge on any atom is 0.407 e. The number of amides is 4. The van der Waals surface area contributed by atoms with Crippen LogP contribution in [0.4, 0.5) is 9.59 Å². The quantitative estimate of drug-likeness (QED) is 0.0779. The van der Waals surface area contributed by atoms with Crippen LogP contribution in [0, 0.1) is 11.8 Å². The Balaban J connectivity index is 0.888. The van der Waals surface area contributed by atoms with Crippen molar-refractivity contribution in [3.8, 4) is 33.6 Å². The van der Waals surface area contributed by atoms with Crippen molar-refractivity contribution in [3.05, 3.63) is 121 Å². The Bertz CT molecular complexity index is 2750. The number of methoxy groups -OCH3 is 2. The fourth-order valence-corrected chi connectivity index (χ4v) is 10.3. The van der Waals surface area contributed by atoms with Crippen LogP contribution in [0.1, 0.15) is 101 Å². The van der Waals surface area contributed by atoms with Crippen LogP contribution in [0.5, 0.6) is 0 Å². The van der Waals surface area contributed by atoms with E-state index in [-0.39, 0.29) is 29.9 Å². The topological polar surface area (TPSA) is 184 Å². The second-order valence-corrected chi connectivity index (χ2v) is 18.9. The molecule has 0 unspecified atom stereocenters. The number of imidazole rings is 2. The smallest absolute Gasteiger partial charge is 0.407 e. The summed E-state index contributed by atoms with van der Waals surface area (Å²) in [5, 5.41) is 7.66. The van der Waals surface area contributed by atoms with Crippen LogP contribution in [0.2, 0.25) is 0 Å². The van der Waals surface area contributed by atoms with Crippen molar-refractivity contribution in [2.24, 2.45) is 11.8 Å². The van der Waals surface area contributed by atoms with E-state index in [1.165, 1.54) is 39.9 Å². The van der Waals surface area contributed by atoms with Crippen molar-refractivity contribution in [2.45, 2.75) is 95.5 Å². The van der Waals surface area contributed by atoms with E-state index in [2.05, 4.69) is 81.3 Å². The van der Waals surface area contributed by atoms with Gasteiger partial charge in [0.1, 0.15) is 23.7 Å². The molecule has 5 atom stereocenters. The number of hydrogen-bond donors (Lipinski definition) is 4. The molecule has 9 rings (SSSR count). The molecule has 0 bridgehead atoms. The first-order chi connectivity index (χ1) is 33.6. The third-order valence-corrected chi connectivity index (χ3v) is 14.2. The van der Waals surface area contributed by atoms with Crippen LogP contribution in [-0.4, -0.2) is 99.8 Å². The summed E-state index contributed by atoms with van der Waals surface area (Å²) in [6.45, 7) is 5.43. The number of carbonyl (C=O) groups is 4. The number of rotatable bonds is 15. The number of nitrogens with one attached hydrogen (secondary N) is 4. The molecule has 4 amide bonds. The van der Waals surface area contributed by atoms with Gasteiger partial charge in [-0.15, -0.1) is 0 Å². The zero-order chi connectivity index (χ0) is 48.0. The molecule has 2 aromatic heterocycles. The lowest BCUT2D eigenvalue weighted by Crippen LogP contribution is -2.51. The van der Waals surface area contributed by atoms with Gasteiger partial charge in [0.2, 0.25) is 5.91 Å². The van der Waals surface area contributed by atoms with Gasteiger partial charge in [-0.2, -0.15) is 0 Å². The maximum atomic E-state index is 14.5. The highest BCUT2D eigenvalue weighted by atomic mass is 16.5. The highest BCUT2D eigenvalue weighted by Gasteiger charge is 2.42. The molecular weight excluding hydrogens is 873 g/mol. The second kappa shape index (κ2) is 21.1. The molecule has 0 spiro atoms. The van der Waals surface area contributed by atoms with Crippen LogP contribution < -0.4 is 10.6 Å². The number of fused-ring (bicyclic) bond motifs is 1. The van der Waals surface area contributed by atoms with Crippen LogP contribution in [0.3, 0.4) is 0 Å². The zero-order valence-corrected chi connectivity index (χ0v) is 39.8. The molecule has 2 saturated heterocycles. The first kappa shape index (κ1) is 47.1. The summed E-state index contributed by atoms with van der Waals surface area (Å²) in [4.78, 5) is 72.9. The van der Waals surface area contributed by atoms with Crippen LogP contribution in [-0.2, 0) is 23.8 Å². The van der Waals surface area contributed by atoms with Crippen LogP contribution in [0.25, 0.3) is 44.4 Å². The molecule has 360 valence electrons. The molecule has 3 fully saturated rings. The Labute approximate surface area is 402 Å². The van der Waals surface area contributed by atoms with E-state index in [9.17, 15) is 19.2 Å². The van der Waals surface area contributed by atoms with Crippen LogP contribution >= 0.6 is 0 Å². The SMILES string of the molecule is COC(=O)N[C@H](C(=O)N1CCC[C@H]1c1ncc(-c2ccc3cc(-c4ccc(-c5cnc([C@@H]6C[C@H](OCCC7CCCC7)CN6C(=O)[C@H](NC(=O)OC)c6ccccc6)[nH]5)cc4)ccc3c2)[nH]1)C(C)C. The molecule has 1 saturated carbocycles. The fraction of sp³-hybridized carbons (Fsp3) is 0.407. The zero-order valence-electron chi connectivity index (χ0n) is 39.8. The van der Waals surface area contributed by atoms with Gasteiger partial charge < -0.3 is 44.6 Å². The van der Waals surface area contributed by atoms with Gasteiger partial charge in [0.25, 0.3) is 5.91 Å². The lowest BCUT2D eigenvalue weighted by molar-refractivity contribution is -0.136.